The Kier molecular flexibility index (Phi) is 3.47. The quantitative estimate of drug-likeness (QED) is 0.567. The Morgan fingerprint density at radius 1 is 1.12 bits per heavy atom. The largest absolute Gasteiger partial charge is 0.501 e. The Balaban J connectivity index is 1.78. The van der Waals surface area contributed by atoms with E-state index in [9.17, 15) is 0 Å². The van der Waals surface area contributed by atoms with Crippen molar-refractivity contribution in [2.45, 2.75) is 12.1 Å². The molecule has 0 amide bonds. The van der Waals surface area contributed by atoms with Crippen molar-refractivity contribution < 1.29 is 4.74 Å². The minimum absolute atomic E-state index is 0.595. The summed E-state index contributed by atoms with van der Waals surface area (Å²) in [5, 5.41) is 5.63. The molecule has 1 aliphatic rings. The third-order valence-corrected chi connectivity index (χ3v) is 4.33. The second-order valence-electron chi connectivity index (χ2n) is 6.09. The maximum absolute atomic E-state index is 6.52. The molecule has 1 aromatic heterocycles. The van der Waals surface area contributed by atoms with E-state index in [1.54, 1.807) is 7.11 Å². The van der Waals surface area contributed by atoms with Gasteiger partial charge in [0.05, 0.1) is 23.9 Å². The van der Waals surface area contributed by atoms with Gasteiger partial charge < -0.3 is 15.8 Å². The Morgan fingerprint density at radius 2 is 1.96 bits per heavy atom. The number of benzene rings is 2. The van der Waals surface area contributed by atoms with Crippen LogP contribution in [0.3, 0.4) is 0 Å². The van der Waals surface area contributed by atoms with E-state index in [2.05, 4.69) is 17.4 Å². The van der Waals surface area contributed by atoms with Crippen molar-refractivity contribution in [1.82, 2.24) is 4.98 Å². The molecule has 24 heavy (non-hydrogen) atoms. The highest BCUT2D eigenvalue weighted by atomic mass is 16.5. The molecule has 1 atom stereocenters. The van der Waals surface area contributed by atoms with Crippen LogP contribution in [0.4, 0.5) is 5.69 Å². The second-order valence-corrected chi connectivity index (χ2v) is 6.09. The number of methoxy groups -OCH3 is 1. The van der Waals surface area contributed by atoms with E-state index in [-0.39, 0.29) is 0 Å². The summed E-state index contributed by atoms with van der Waals surface area (Å²) < 4.78 is 5.35. The number of aromatic nitrogens is 1. The lowest BCUT2D eigenvalue weighted by Gasteiger charge is -2.31. The van der Waals surface area contributed by atoms with Crippen LogP contribution < -0.4 is 11.1 Å². The normalized spacial score (nSPS) is 20.2. The topological polar surface area (TPSA) is 60.2 Å². The molecule has 1 aliphatic carbocycles. The van der Waals surface area contributed by atoms with Crippen LogP contribution in [0.2, 0.25) is 0 Å². The predicted molar refractivity (Wildman–Crippen MR) is 98.6 cm³/mol. The maximum Gasteiger partial charge on any atom is 0.112 e. The average molecular weight is 317 g/mol. The average Bonchev–Trinajstić information content (AvgIpc) is 2.60. The van der Waals surface area contributed by atoms with Crippen molar-refractivity contribution in [3.8, 4) is 0 Å². The van der Waals surface area contributed by atoms with E-state index in [4.69, 9.17) is 15.5 Å². The van der Waals surface area contributed by atoms with Gasteiger partial charge in [-0.25, -0.2) is 4.98 Å². The molecule has 0 aliphatic heterocycles. The van der Waals surface area contributed by atoms with Gasteiger partial charge in [-0.3, -0.25) is 0 Å². The first-order valence-electron chi connectivity index (χ1n) is 7.95. The third kappa shape index (κ3) is 2.61. The van der Waals surface area contributed by atoms with Gasteiger partial charge in [0.25, 0.3) is 0 Å². The van der Waals surface area contributed by atoms with E-state index in [1.165, 1.54) is 0 Å². The summed E-state index contributed by atoms with van der Waals surface area (Å²) in [7, 11) is 1.67. The molecule has 4 nitrogen and oxygen atoms in total. The first-order valence-corrected chi connectivity index (χ1v) is 7.95. The number of nitrogens with one attached hydrogen (secondary N) is 1. The van der Waals surface area contributed by atoms with Crippen molar-refractivity contribution in [2.75, 3.05) is 12.4 Å². The summed E-state index contributed by atoms with van der Waals surface area (Å²) in [5.74, 6) is 0.858. The summed E-state index contributed by atoms with van der Waals surface area (Å²) in [6, 6.07) is 16.3. The van der Waals surface area contributed by atoms with Crippen molar-refractivity contribution in [1.29, 1.82) is 0 Å². The van der Waals surface area contributed by atoms with Crippen molar-refractivity contribution in [2.24, 2.45) is 5.73 Å². The molecule has 0 fully saturated rings. The highest BCUT2D eigenvalue weighted by molar-refractivity contribution is 5.99. The SMILES string of the molecule is COC1=CC=CC(N)(Nc2cccc3nc4ccccc4cc23)C1. The van der Waals surface area contributed by atoms with Gasteiger partial charge in [-0.1, -0.05) is 30.3 Å². The summed E-state index contributed by atoms with van der Waals surface area (Å²) in [6.07, 6.45) is 6.42. The fourth-order valence-electron chi connectivity index (χ4n) is 3.12. The summed E-state index contributed by atoms with van der Waals surface area (Å²) in [5.41, 5.74) is 8.75. The smallest absolute Gasteiger partial charge is 0.112 e. The number of para-hydroxylation sites is 1. The predicted octanol–water partition coefficient (Wildman–Crippen LogP) is 3.95. The number of fused-ring (bicyclic) bond motifs is 2. The number of anilines is 1. The van der Waals surface area contributed by atoms with Crippen LogP contribution in [-0.2, 0) is 4.74 Å². The van der Waals surface area contributed by atoms with Gasteiger partial charge in [-0.15, -0.1) is 0 Å². The molecule has 0 radical (unpaired) electrons. The maximum atomic E-state index is 6.52. The van der Waals surface area contributed by atoms with Gasteiger partial charge in [-0.2, -0.15) is 0 Å². The highest BCUT2D eigenvalue weighted by Gasteiger charge is 2.26. The van der Waals surface area contributed by atoms with Gasteiger partial charge in [0, 0.05) is 22.9 Å². The number of pyridine rings is 1. The molecule has 0 spiro atoms. The zero-order valence-corrected chi connectivity index (χ0v) is 13.5. The number of nitrogens with two attached hydrogens (primary N) is 1. The van der Waals surface area contributed by atoms with E-state index >= 15 is 0 Å². The van der Waals surface area contributed by atoms with E-state index < -0.39 is 5.66 Å². The molecule has 1 heterocycles. The van der Waals surface area contributed by atoms with Gasteiger partial charge in [0.1, 0.15) is 5.66 Å². The number of allylic oxidation sites excluding steroid dienone is 2. The lowest BCUT2D eigenvalue weighted by atomic mass is 9.99. The summed E-state index contributed by atoms with van der Waals surface area (Å²) in [6.45, 7) is 0. The highest BCUT2D eigenvalue weighted by Crippen LogP contribution is 2.30. The van der Waals surface area contributed by atoms with Crippen molar-refractivity contribution in [3.05, 3.63) is 72.5 Å². The minimum Gasteiger partial charge on any atom is -0.501 e. The molecule has 3 N–H and O–H groups in total. The van der Waals surface area contributed by atoms with Gasteiger partial charge >= 0.3 is 0 Å². The monoisotopic (exact) mass is 317 g/mol. The molecule has 4 heteroatoms. The molecule has 1 unspecified atom stereocenters. The Labute approximate surface area is 140 Å². The Bertz CT molecular complexity index is 977. The Hall–Kier alpha value is -2.85. The van der Waals surface area contributed by atoms with Crippen LogP contribution in [0.1, 0.15) is 6.42 Å². The van der Waals surface area contributed by atoms with E-state index in [1.807, 2.05) is 54.6 Å². The lowest BCUT2D eigenvalue weighted by Crippen LogP contribution is -2.47. The van der Waals surface area contributed by atoms with E-state index in [0.29, 0.717) is 6.42 Å². The van der Waals surface area contributed by atoms with Crippen LogP contribution in [0.5, 0.6) is 0 Å². The fraction of sp³-hybridized carbons (Fsp3) is 0.150. The number of ether oxygens (including phenoxy) is 1. The number of hydrogen-bond donors (Lipinski definition) is 2. The second kappa shape index (κ2) is 5.65. The third-order valence-electron chi connectivity index (χ3n) is 4.33. The van der Waals surface area contributed by atoms with Crippen LogP contribution in [0.25, 0.3) is 21.8 Å². The van der Waals surface area contributed by atoms with Crippen LogP contribution in [0.15, 0.2) is 72.5 Å². The van der Waals surface area contributed by atoms with Crippen molar-refractivity contribution in [3.63, 3.8) is 0 Å². The zero-order chi connectivity index (χ0) is 16.6. The first-order chi connectivity index (χ1) is 11.7. The molecule has 120 valence electrons. The number of hydrogen-bond acceptors (Lipinski definition) is 4. The van der Waals surface area contributed by atoms with Gasteiger partial charge in [0.2, 0.25) is 0 Å². The molecule has 0 saturated heterocycles. The molecular weight excluding hydrogens is 298 g/mol. The molecule has 4 rings (SSSR count). The summed E-state index contributed by atoms with van der Waals surface area (Å²) in [4.78, 5) is 4.75. The number of nitrogens with zero attached hydrogens (tertiary/aromatic N) is 1. The fourth-order valence-corrected chi connectivity index (χ4v) is 3.12. The standard InChI is InChI=1S/C20H19N3O/c1-24-15-7-5-11-20(21,13-15)23-19-10-4-9-18-16(19)12-14-6-2-3-8-17(14)22-18/h2-12,23H,13,21H2,1H3. The molecule has 2 aromatic carbocycles. The number of rotatable bonds is 3. The Morgan fingerprint density at radius 3 is 2.83 bits per heavy atom. The first kappa shape index (κ1) is 14.7. The minimum atomic E-state index is -0.681. The lowest BCUT2D eigenvalue weighted by molar-refractivity contribution is 0.262. The molecular formula is C20H19N3O. The zero-order valence-electron chi connectivity index (χ0n) is 13.5. The van der Waals surface area contributed by atoms with Crippen LogP contribution >= 0.6 is 0 Å². The van der Waals surface area contributed by atoms with Gasteiger partial charge in [-0.05, 0) is 36.4 Å². The molecule has 0 bridgehead atoms. The molecule has 3 aromatic rings. The van der Waals surface area contributed by atoms with Crippen LogP contribution in [0, 0.1) is 0 Å². The summed E-state index contributed by atoms with van der Waals surface area (Å²) >= 11 is 0. The van der Waals surface area contributed by atoms with Gasteiger partial charge in [0.15, 0.2) is 0 Å². The molecule has 0 saturated carbocycles. The van der Waals surface area contributed by atoms with E-state index in [0.717, 1.165) is 33.3 Å². The van der Waals surface area contributed by atoms with Crippen molar-refractivity contribution >= 4 is 27.5 Å². The van der Waals surface area contributed by atoms with Crippen LogP contribution in [-0.4, -0.2) is 17.8 Å².